The molecule has 0 aliphatic carbocycles. The molecule has 3 heterocycles. The van der Waals surface area contributed by atoms with Crippen LogP contribution in [0.3, 0.4) is 0 Å². The lowest BCUT2D eigenvalue weighted by molar-refractivity contribution is -0.135. The van der Waals surface area contributed by atoms with Crippen LogP contribution < -0.4 is 11.1 Å². The first-order chi connectivity index (χ1) is 19.0. The van der Waals surface area contributed by atoms with Crippen LogP contribution in [0.15, 0.2) is 24.3 Å². The molecule has 220 valence electrons. The fourth-order valence-corrected chi connectivity index (χ4v) is 5.38. The van der Waals surface area contributed by atoms with Gasteiger partial charge in [0.1, 0.15) is 5.82 Å². The summed E-state index contributed by atoms with van der Waals surface area (Å²) in [6.07, 6.45) is 4.28. The van der Waals surface area contributed by atoms with Gasteiger partial charge in [0.25, 0.3) is 0 Å². The molecule has 3 aliphatic rings. The Morgan fingerprint density at radius 1 is 0.975 bits per heavy atom. The molecule has 4 rings (SSSR count). The van der Waals surface area contributed by atoms with Crippen LogP contribution in [0.4, 0.5) is 18.0 Å². The normalized spacial score (nSPS) is 22.9. The topological polar surface area (TPSA) is 162 Å². The number of benzene rings is 1. The van der Waals surface area contributed by atoms with Crippen molar-refractivity contribution in [2.75, 3.05) is 32.8 Å². The highest BCUT2D eigenvalue weighted by atomic mass is 19.2. The number of carboxylic acids is 2. The third-order valence-electron chi connectivity index (χ3n) is 7.27. The number of carboxylic acid groups (broad SMARTS) is 2. The Morgan fingerprint density at radius 3 is 2.08 bits per heavy atom. The van der Waals surface area contributed by atoms with E-state index in [4.69, 9.17) is 20.7 Å². The summed E-state index contributed by atoms with van der Waals surface area (Å²) in [6, 6.07) is 0.776. The lowest BCUT2D eigenvalue weighted by Gasteiger charge is -2.41. The minimum absolute atomic E-state index is 0.0207. The highest BCUT2D eigenvalue weighted by molar-refractivity contribution is 5.89. The van der Waals surface area contributed by atoms with Crippen molar-refractivity contribution in [1.82, 2.24) is 15.1 Å². The molecule has 3 amide bonds. The van der Waals surface area contributed by atoms with E-state index in [0.29, 0.717) is 57.4 Å². The van der Waals surface area contributed by atoms with Crippen LogP contribution in [0.1, 0.15) is 31.2 Å². The third-order valence-corrected chi connectivity index (χ3v) is 7.27. The number of urea groups is 1. The van der Waals surface area contributed by atoms with E-state index in [9.17, 15) is 32.3 Å². The number of ether oxygens (including phenoxy) is 1. The lowest BCUT2D eigenvalue weighted by atomic mass is 9.82. The Morgan fingerprint density at radius 2 is 1.52 bits per heavy atom. The summed E-state index contributed by atoms with van der Waals surface area (Å²) >= 11 is 0. The predicted octanol–water partition coefficient (Wildman–Crippen LogP) is 1.50. The fourth-order valence-electron chi connectivity index (χ4n) is 5.38. The summed E-state index contributed by atoms with van der Waals surface area (Å²) in [5, 5.41) is 18.3. The second-order valence-electron chi connectivity index (χ2n) is 9.91. The van der Waals surface area contributed by atoms with Gasteiger partial charge in [0.15, 0.2) is 11.6 Å². The number of fused-ring (bicyclic) bond motifs is 2. The van der Waals surface area contributed by atoms with Crippen LogP contribution in [0.2, 0.25) is 0 Å². The molecule has 11 nitrogen and oxygen atoms in total. The zero-order chi connectivity index (χ0) is 29.4. The van der Waals surface area contributed by atoms with Gasteiger partial charge in [0, 0.05) is 49.4 Å². The molecule has 2 bridgehead atoms. The summed E-state index contributed by atoms with van der Waals surface area (Å²) in [6.45, 7) is 1.95. The fraction of sp³-hybridized carbons (Fsp3) is 0.538. The van der Waals surface area contributed by atoms with Crippen LogP contribution in [-0.2, 0) is 25.5 Å². The van der Waals surface area contributed by atoms with E-state index in [0.717, 1.165) is 18.9 Å². The number of piperidine rings is 1. The predicted molar refractivity (Wildman–Crippen MR) is 135 cm³/mol. The van der Waals surface area contributed by atoms with Gasteiger partial charge in [-0.1, -0.05) is 0 Å². The number of morpholine rings is 1. The van der Waals surface area contributed by atoms with E-state index in [1.54, 1.807) is 4.90 Å². The lowest BCUT2D eigenvalue weighted by Crippen LogP contribution is -2.54. The number of hydrogen-bond acceptors (Lipinski definition) is 6. The minimum Gasteiger partial charge on any atom is -0.478 e. The minimum atomic E-state index is -1.26. The Balaban J connectivity index is 0.000000482. The average Bonchev–Trinajstić information content (AvgIpc) is 3.18. The van der Waals surface area contributed by atoms with Gasteiger partial charge in [-0.15, -0.1) is 0 Å². The largest absolute Gasteiger partial charge is 0.478 e. The van der Waals surface area contributed by atoms with Crippen LogP contribution in [0.5, 0.6) is 0 Å². The maximum Gasteiger partial charge on any atom is 0.328 e. The molecule has 0 saturated carbocycles. The van der Waals surface area contributed by atoms with E-state index in [2.05, 4.69) is 5.32 Å². The summed E-state index contributed by atoms with van der Waals surface area (Å²) in [4.78, 5) is 47.7. The number of nitrogens with two attached hydrogens (primary N) is 1. The Hall–Kier alpha value is -3.65. The second-order valence-corrected chi connectivity index (χ2v) is 9.91. The number of nitrogens with one attached hydrogen (secondary N) is 1. The maximum absolute atomic E-state index is 14.0. The van der Waals surface area contributed by atoms with Crippen molar-refractivity contribution in [1.29, 1.82) is 0 Å². The van der Waals surface area contributed by atoms with Crippen LogP contribution in [0.25, 0.3) is 0 Å². The van der Waals surface area contributed by atoms with Crippen molar-refractivity contribution in [3.05, 3.63) is 47.3 Å². The number of rotatable bonds is 7. The van der Waals surface area contributed by atoms with E-state index in [1.807, 2.05) is 4.90 Å². The molecule has 0 aromatic heterocycles. The number of halogens is 3. The molecule has 2 unspecified atom stereocenters. The maximum atomic E-state index is 14.0. The summed E-state index contributed by atoms with van der Waals surface area (Å²) in [7, 11) is 0. The highest BCUT2D eigenvalue weighted by Crippen LogP contribution is 2.40. The molecule has 1 aromatic carbocycles. The molecule has 40 heavy (non-hydrogen) atoms. The van der Waals surface area contributed by atoms with Crippen molar-refractivity contribution < 1.29 is 47.3 Å². The molecule has 14 heteroatoms. The van der Waals surface area contributed by atoms with Crippen molar-refractivity contribution in [3.8, 4) is 0 Å². The van der Waals surface area contributed by atoms with E-state index in [-0.39, 0.29) is 48.5 Å². The molecule has 0 spiro atoms. The summed E-state index contributed by atoms with van der Waals surface area (Å²) in [5.41, 5.74) is 6.40. The zero-order valence-corrected chi connectivity index (χ0v) is 21.7. The summed E-state index contributed by atoms with van der Waals surface area (Å²) < 4.78 is 45.9. The molecule has 3 atom stereocenters. The first-order valence-electron chi connectivity index (χ1n) is 12.9. The number of amides is 3. The van der Waals surface area contributed by atoms with Gasteiger partial charge >= 0.3 is 18.0 Å². The molecule has 3 aliphatic heterocycles. The number of carbonyl (C=O) groups is 4. The monoisotopic (exact) mass is 570 g/mol. The summed E-state index contributed by atoms with van der Waals surface area (Å²) in [5.74, 6) is -5.69. The van der Waals surface area contributed by atoms with Crippen LogP contribution >= 0.6 is 0 Å². The molecule has 3 fully saturated rings. The Kier molecular flexibility index (Phi) is 10.9. The quantitative estimate of drug-likeness (QED) is 0.283. The number of nitrogens with zero attached hydrogens (tertiary/aromatic N) is 2. The van der Waals surface area contributed by atoms with Crippen LogP contribution in [-0.4, -0.2) is 94.9 Å². The molecule has 3 saturated heterocycles. The van der Waals surface area contributed by atoms with Crippen molar-refractivity contribution >= 4 is 23.9 Å². The van der Waals surface area contributed by atoms with E-state index < -0.39 is 35.4 Å². The van der Waals surface area contributed by atoms with Gasteiger partial charge in [-0.2, -0.15) is 0 Å². The van der Waals surface area contributed by atoms with E-state index in [1.165, 1.54) is 0 Å². The van der Waals surface area contributed by atoms with Crippen molar-refractivity contribution in [2.45, 2.75) is 50.2 Å². The van der Waals surface area contributed by atoms with Gasteiger partial charge in [-0.3, -0.25) is 4.79 Å². The molecular weight excluding hydrogens is 537 g/mol. The van der Waals surface area contributed by atoms with Gasteiger partial charge in [0.2, 0.25) is 5.91 Å². The highest BCUT2D eigenvalue weighted by Gasteiger charge is 2.44. The number of hydrogen-bond donors (Lipinski definition) is 4. The number of aliphatic carboxylic acids is 2. The first kappa shape index (κ1) is 30.9. The number of carbonyl (C=O) groups excluding carboxylic acids is 2. The SMILES string of the molecule is N[C@H](Cc1cc(F)c(F)cc1F)C1CC2CCC(C1)N2C(=O)CNC(=O)N1CCOCC1.O=C(O)/C=C\C(=O)O. The van der Waals surface area contributed by atoms with Gasteiger partial charge in [-0.25, -0.2) is 27.6 Å². The third kappa shape index (κ3) is 8.42. The van der Waals surface area contributed by atoms with Gasteiger partial charge in [0.05, 0.1) is 19.8 Å². The first-order valence-corrected chi connectivity index (χ1v) is 12.9. The molecule has 5 N–H and O–H groups in total. The second kappa shape index (κ2) is 14.1. The smallest absolute Gasteiger partial charge is 0.328 e. The van der Waals surface area contributed by atoms with Crippen molar-refractivity contribution in [3.63, 3.8) is 0 Å². The Bertz CT molecular complexity index is 1100. The van der Waals surface area contributed by atoms with Gasteiger partial charge in [-0.05, 0) is 49.7 Å². The van der Waals surface area contributed by atoms with Gasteiger partial charge < -0.3 is 35.8 Å². The van der Waals surface area contributed by atoms with E-state index >= 15 is 0 Å². The van der Waals surface area contributed by atoms with Crippen molar-refractivity contribution in [2.24, 2.45) is 11.7 Å². The van der Waals surface area contributed by atoms with Crippen LogP contribution in [0, 0.1) is 23.4 Å². The standard InChI is InChI=1S/C22H29F3N4O3.C4H4O4/c23-17-11-19(25)18(24)9-13(17)10-20(26)14-7-15-1-2-16(8-14)29(15)21(30)12-27-22(31)28-3-5-32-6-4-28;5-3(6)1-2-4(7)8/h9,11,14-16,20H,1-8,10,12,26H2,(H,27,31);1-2H,(H,5,6)(H,7,8)/b;2-1-/t14?,15?,16?,20-;/m1./s1. The molecule has 0 radical (unpaired) electrons. The Labute approximate surface area is 228 Å². The molecular formula is C26H33F3N4O7. The zero-order valence-electron chi connectivity index (χ0n) is 21.7. The molecule has 1 aromatic rings. The average molecular weight is 571 g/mol.